The van der Waals surface area contributed by atoms with E-state index in [1.54, 1.807) is 30.3 Å². The number of hydrogen-bond acceptors (Lipinski definition) is 4. The van der Waals surface area contributed by atoms with Gasteiger partial charge in [-0.2, -0.15) is 0 Å². The molecule has 0 saturated carbocycles. The molecule has 4 aromatic rings. The number of thioether (sulfide) groups is 1. The first-order valence-corrected chi connectivity index (χ1v) is 12.6. The molecule has 3 aromatic carbocycles. The highest BCUT2D eigenvalue weighted by atomic mass is 35.5. The molecule has 0 bridgehead atoms. The highest BCUT2D eigenvalue weighted by Crippen LogP contribution is 2.34. The average Bonchev–Trinajstić information content (AvgIpc) is 3.34. The minimum atomic E-state index is -0.501. The van der Waals surface area contributed by atoms with E-state index >= 15 is 0 Å². The third-order valence-corrected chi connectivity index (χ3v) is 7.24. The van der Waals surface area contributed by atoms with Crippen molar-refractivity contribution in [1.82, 2.24) is 9.47 Å². The topological polar surface area (TPSA) is 71.4 Å². The van der Waals surface area contributed by atoms with Gasteiger partial charge in [-0.25, -0.2) is 0 Å². The predicted octanol–water partition coefficient (Wildman–Crippen LogP) is 6.67. The maximum atomic E-state index is 13.0. The lowest BCUT2D eigenvalue weighted by molar-refractivity contribution is -0.127. The van der Waals surface area contributed by atoms with Gasteiger partial charge in [-0.15, -0.1) is 0 Å². The van der Waals surface area contributed by atoms with E-state index in [4.69, 9.17) is 23.2 Å². The van der Waals surface area contributed by atoms with Gasteiger partial charge in [-0.3, -0.25) is 19.3 Å². The molecule has 0 spiro atoms. The van der Waals surface area contributed by atoms with Gasteiger partial charge in [0.05, 0.1) is 4.91 Å². The molecule has 1 saturated heterocycles. The third kappa shape index (κ3) is 5.04. The second-order valence-corrected chi connectivity index (χ2v) is 9.98. The number of nitrogens with one attached hydrogen (secondary N) is 1. The third-order valence-electron chi connectivity index (χ3n) is 5.71. The van der Waals surface area contributed by atoms with Crippen LogP contribution < -0.4 is 5.32 Å². The van der Waals surface area contributed by atoms with Crippen LogP contribution in [0.1, 0.15) is 11.1 Å². The normalized spacial score (nSPS) is 14.7. The van der Waals surface area contributed by atoms with Crippen LogP contribution in [-0.4, -0.2) is 33.1 Å². The first-order chi connectivity index (χ1) is 17.4. The number of aromatic nitrogens is 1. The largest absolute Gasteiger partial charge is 0.342 e. The van der Waals surface area contributed by atoms with Gasteiger partial charge in [0, 0.05) is 44.9 Å². The zero-order valence-electron chi connectivity index (χ0n) is 18.8. The van der Waals surface area contributed by atoms with Crippen LogP contribution in [0.5, 0.6) is 0 Å². The number of amides is 3. The Hall–Kier alpha value is -3.52. The lowest BCUT2D eigenvalue weighted by Gasteiger charge is -2.12. The fourth-order valence-electron chi connectivity index (χ4n) is 3.99. The van der Waals surface area contributed by atoms with Gasteiger partial charge in [0.1, 0.15) is 6.54 Å². The average molecular weight is 536 g/mol. The summed E-state index contributed by atoms with van der Waals surface area (Å²) in [5, 5.41) is 4.34. The summed E-state index contributed by atoms with van der Waals surface area (Å²) in [4.78, 5) is 39.3. The summed E-state index contributed by atoms with van der Waals surface area (Å²) in [6.07, 6.45) is 3.64. The summed E-state index contributed by atoms with van der Waals surface area (Å²) in [6.45, 7) is 0.180. The lowest BCUT2D eigenvalue weighted by atomic mass is 10.1. The molecule has 1 fully saturated rings. The van der Waals surface area contributed by atoms with Crippen molar-refractivity contribution < 1.29 is 14.4 Å². The van der Waals surface area contributed by atoms with Crippen LogP contribution in [0.25, 0.3) is 17.0 Å². The van der Waals surface area contributed by atoms with E-state index in [-0.39, 0.29) is 11.4 Å². The lowest BCUT2D eigenvalue weighted by Crippen LogP contribution is -2.36. The number of anilines is 1. The molecule has 0 radical (unpaired) electrons. The van der Waals surface area contributed by atoms with E-state index in [9.17, 15) is 14.4 Å². The molecule has 1 aliphatic rings. The zero-order chi connectivity index (χ0) is 25.2. The van der Waals surface area contributed by atoms with Crippen molar-refractivity contribution in [2.45, 2.75) is 6.54 Å². The number of halogens is 2. The van der Waals surface area contributed by atoms with E-state index < -0.39 is 17.1 Å². The Bertz CT molecular complexity index is 1530. The van der Waals surface area contributed by atoms with Gasteiger partial charge in [0.15, 0.2) is 0 Å². The minimum absolute atomic E-state index is 0.264. The van der Waals surface area contributed by atoms with Gasteiger partial charge in [0.25, 0.3) is 11.1 Å². The number of rotatable bonds is 6. The number of carbonyl (C=O) groups is 3. The second-order valence-electron chi connectivity index (χ2n) is 8.14. The highest BCUT2D eigenvalue weighted by Gasteiger charge is 2.36. The van der Waals surface area contributed by atoms with Gasteiger partial charge < -0.3 is 9.88 Å². The maximum absolute atomic E-state index is 13.0. The first kappa shape index (κ1) is 24.2. The molecule has 1 N–H and O–H groups in total. The predicted molar refractivity (Wildman–Crippen MR) is 145 cm³/mol. The molecule has 0 aliphatic carbocycles. The molecule has 0 atom stereocenters. The SMILES string of the molecule is O=C(CN1C(=O)S/C(=C/c2cn(Cc3ccccc3Cl)c3ccccc23)C1=O)Nc1ccc(Cl)cc1. The van der Waals surface area contributed by atoms with Crippen LogP contribution in [0.15, 0.2) is 83.9 Å². The Labute approximate surface area is 221 Å². The number of carbonyl (C=O) groups excluding carboxylic acids is 3. The fraction of sp³-hybridized carbons (Fsp3) is 0.0741. The van der Waals surface area contributed by atoms with Crippen molar-refractivity contribution in [1.29, 1.82) is 0 Å². The molecule has 0 unspecified atom stereocenters. The molecule has 5 rings (SSSR count). The van der Waals surface area contributed by atoms with Crippen molar-refractivity contribution in [2.24, 2.45) is 0 Å². The molecule has 3 amide bonds. The molecule has 36 heavy (non-hydrogen) atoms. The van der Waals surface area contributed by atoms with Gasteiger partial charge in [0.2, 0.25) is 5.91 Å². The Kier molecular flexibility index (Phi) is 6.87. The maximum Gasteiger partial charge on any atom is 0.294 e. The Morgan fingerprint density at radius 3 is 2.44 bits per heavy atom. The summed E-state index contributed by atoms with van der Waals surface area (Å²) in [5.74, 6) is -0.976. The molecule has 9 heteroatoms. The smallest absolute Gasteiger partial charge is 0.294 e. The summed E-state index contributed by atoms with van der Waals surface area (Å²) >= 11 is 13.1. The second kappa shape index (κ2) is 10.2. The summed E-state index contributed by atoms with van der Waals surface area (Å²) < 4.78 is 2.06. The van der Waals surface area contributed by atoms with E-state index in [1.807, 2.05) is 54.7 Å². The Morgan fingerprint density at radius 1 is 0.944 bits per heavy atom. The molecule has 2 heterocycles. The zero-order valence-corrected chi connectivity index (χ0v) is 21.1. The van der Waals surface area contributed by atoms with Crippen LogP contribution in [0.3, 0.4) is 0 Å². The van der Waals surface area contributed by atoms with Crippen molar-refractivity contribution in [3.8, 4) is 0 Å². The number of para-hydroxylation sites is 1. The van der Waals surface area contributed by atoms with Crippen LogP contribution in [0, 0.1) is 0 Å². The quantitative estimate of drug-likeness (QED) is 0.280. The van der Waals surface area contributed by atoms with Gasteiger partial charge in [-0.1, -0.05) is 59.6 Å². The first-order valence-electron chi connectivity index (χ1n) is 11.0. The van der Waals surface area contributed by atoms with Crippen LogP contribution >= 0.6 is 35.0 Å². The minimum Gasteiger partial charge on any atom is -0.342 e. The highest BCUT2D eigenvalue weighted by molar-refractivity contribution is 8.18. The van der Waals surface area contributed by atoms with Crippen LogP contribution in [0.4, 0.5) is 10.5 Å². The molecule has 180 valence electrons. The monoisotopic (exact) mass is 535 g/mol. The van der Waals surface area contributed by atoms with E-state index in [0.29, 0.717) is 22.3 Å². The van der Waals surface area contributed by atoms with Gasteiger partial charge in [-0.05, 0) is 59.8 Å². The fourth-order valence-corrected chi connectivity index (χ4v) is 5.14. The molecule has 6 nitrogen and oxygen atoms in total. The number of imide groups is 1. The molecule has 1 aromatic heterocycles. The van der Waals surface area contributed by atoms with Crippen LogP contribution in [-0.2, 0) is 16.1 Å². The van der Waals surface area contributed by atoms with Gasteiger partial charge >= 0.3 is 0 Å². The Morgan fingerprint density at radius 2 is 1.67 bits per heavy atom. The van der Waals surface area contributed by atoms with Crippen LogP contribution in [0.2, 0.25) is 10.0 Å². The summed E-state index contributed by atoms with van der Waals surface area (Å²) in [7, 11) is 0. The van der Waals surface area contributed by atoms with E-state index in [1.165, 1.54) is 0 Å². The summed E-state index contributed by atoms with van der Waals surface area (Å²) in [5.41, 5.74) is 3.27. The number of fused-ring (bicyclic) bond motifs is 1. The number of hydrogen-bond donors (Lipinski definition) is 1. The van der Waals surface area contributed by atoms with E-state index in [0.717, 1.165) is 38.7 Å². The van der Waals surface area contributed by atoms with Crippen molar-refractivity contribution >= 4 is 74.7 Å². The van der Waals surface area contributed by atoms with Crippen molar-refractivity contribution in [3.63, 3.8) is 0 Å². The Balaban J connectivity index is 1.38. The molecular formula is C27H19Cl2N3O3S. The molecular weight excluding hydrogens is 517 g/mol. The number of nitrogens with zero attached hydrogens (tertiary/aromatic N) is 2. The van der Waals surface area contributed by atoms with E-state index in [2.05, 4.69) is 9.88 Å². The molecule has 1 aliphatic heterocycles. The summed E-state index contributed by atoms with van der Waals surface area (Å²) in [6, 6.07) is 22.0. The standard InChI is InChI=1S/C27H19Cl2N3O3S/c28-19-9-11-20(12-10-19)30-25(33)16-32-26(34)24(36-27(32)35)13-18-15-31(23-8-4-2-6-21(18)23)14-17-5-1-3-7-22(17)29/h1-13,15H,14,16H2,(H,30,33)/b24-13+. The number of benzene rings is 3. The van der Waals surface area contributed by atoms with Crippen molar-refractivity contribution in [3.05, 3.63) is 105 Å². The van der Waals surface area contributed by atoms with Crippen molar-refractivity contribution in [2.75, 3.05) is 11.9 Å².